The SMILES string of the molecule is Cc1cc(C)c(C#N)c(SC(C)C(=O)Nc2cccc(Cl)c2Cl)n1. The first-order valence-corrected chi connectivity index (χ1v) is 8.77. The van der Waals surface area contributed by atoms with Crippen LogP contribution in [0.1, 0.15) is 23.7 Å². The number of aromatic nitrogens is 1. The van der Waals surface area contributed by atoms with Crippen LogP contribution in [0.2, 0.25) is 10.0 Å². The summed E-state index contributed by atoms with van der Waals surface area (Å²) >= 11 is 13.3. The number of hydrogen-bond donors (Lipinski definition) is 1. The number of carbonyl (C=O) groups is 1. The molecular formula is C17H15Cl2N3OS. The Morgan fingerprint density at radius 2 is 2.08 bits per heavy atom. The summed E-state index contributed by atoms with van der Waals surface area (Å²) in [5.41, 5.74) is 2.60. The Bertz CT molecular complexity index is 833. The molecule has 124 valence electrons. The van der Waals surface area contributed by atoms with Crippen LogP contribution in [0.15, 0.2) is 29.3 Å². The summed E-state index contributed by atoms with van der Waals surface area (Å²) in [5, 5.41) is 12.8. The topological polar surface area (TPSA) is 65.8 Å². The predicted molar refractivity (Wildman–Crippen MR) is 98.8 cm³/mol. The molecule has 1 aromatic heterocycles. The van der Waals surface area contributed by atoms with Gasteiger partial charge < -0.3 is 5.32 Å². The van der Waals surface area contributed by atoms with E-state index < -0.39 is 5.25 Å². The minimum atomic E-state index is -0.458. The molecule has 4 nitrogen and oxygen atoms in total. The molecule has 0 bridgehead atoms. The number of nitriles is 1. The molecule has 1 atom stereocenters. The Morgan fingerprint density at radius 3 is 2.75 bits per heavy atom. The lowest BCUT2D eigenvalue weighted by molar-refractivity contribution is -0.115. The third-order valence-electron chi connectivity index (χ3n) is 3.29. The van der Waals surface area contributed by atoms with Gasteiger partial charge in [-0.05, 0) is 44.5 Å². The number of nitrogens with one attached hydrogen (secondary N) is 1. The number of carbonyl (C=O) groups excluding carboxylic acids is 1. The average Bonchev–Trinajstić information content (AvgIpc) is 2.51. The number of thioether (sulfide) groups is 1. The van der Waals surface area contributed by atoms with Crippen molar-refractivity contribution >= 4 is 46.6 Å². The van der Waals surface area contributed by atoms with E-state index in [2.05, 4.69) is 16.4 Å². The molecule has 1 N–H and O–H groups in total. The largest absolute Gasteiger partial charge is 0.324 e. The second-order valence-corrected chi connectivity index (χ2v) is 7.34. The van der Waals surface area contributed by atoms with Crippen molar-refractivity contribution in [2.75, 3.05) is 5.32 Å². The molecule has 0 aliphatic rings. The fourth-order valence-corrected chi connectivity index (χ4v) is 3.45. The molecule has 0 radical (unpaired) electrons. The summed E-state index contributed by atoms with van der Waals surface area (Å²) in [6.07, 6.45) is 0. The quantitative estimate of drug-likeness (QED) is 0.759. The first-order valence-electron chi connectivity index (χ1n) is 7.13. The minimum absolute atomic E-state index is 0.242. The Labute approximate surface area is 155 Å². The van der Waals surface area contributed by atoms with Gasteiger partial charge in [-0.1, -0.05) is 41.0 Å². The van der Waals surface area contributed by atoms with Crippen molar-refractivity contribution in [3.05, 3.63) is 51.1 Å². The lowest BCUT2D eigenvalue weighted by Crippen LogP contribution is -2.23. The maximum atomic E-state index is 12.4. The van der Waals surface area contributed by atoms with Gasteiger partial charge in [0.2, 0.25) is 5.91 Å². The molecule has 2 rings (SSSR count). The number of rotatable bonds is 4. The van der Waals surface area contributed by atoms with Crippen LogP contribution < -0.4 is 5.32 Å². The zero-order valence-corrected chi connectivity index (χ0v) is 15.7. The fourth-order valence-electron chi connectivity index (χ4n) is 2.08. The highest BCUT2D eigenvalue weighted by molar-refractivity contribution is 8.00. The Balaban J connectivity index is 2.18. The van der Waals surface area contributed by atoms with Gasteiger partial charge in [0.25, 0.3) is 0 Å². The smallest absolute Gasteiger partial charge is 0.237 e. The molecule has 1 unspecified atom stereocenters. The van der Waals surface area contributed by atoms with Crippen molar-refractivity contribution in [3.63, 3.8) is 0 Å². The van der Waals surface area contributed by atoms with Crippen LogP contribution in [-0.4, -0.2) is 16.1 Å². The van der Waals surface area contributed by atoms with Gasteiger partial charge >= 0.3 is 0 Å². The van der Waals surface area contributed by atoms with Gasteiger partial charge in [0.15, 0.2) is 0 Å². The second-order valence-electron chi connectivity index (χ2n) is 5.22. The van der Waals surface area contributed by atoms with Gasteiger partial charge in [-0.25, -0.2) is 4.98 Å². The number of aryl methyl sites for hydroxylation is 2. The highest BCUT2D eigenvalue weighted by Gasteiger charge is 2.20. The first kappa shape index (κ1) is 18.6. The number of pyridine rings is 1. The van der Waals surface area contributed by atoms with E-state index in [0.29, 0.717) is 26.3 Å². The number of benzene rings is 1. The molecule has 0 aliphatic carbocycles. The molecular weight excluding hydrogens is 365 g/mol. The summed E-state index contributed by atoms with van der Waals surface area (Å²) < 4.78 is 0. The molecule has 0 saturated carbocycles. The van der Waals surface area contributed by atoms with Crippen LogP contribution in [0.25, 0.3) is 0 Å². The molecule has 7 heteroatoms. The zero-order chi connectivity index (χ0) is 17.9. The van der Waals surface area contributed by atoms with Crippen molar-refractivity contribution in [1.82, 2.24) is 4.98 Å². The van der Waals surface area contributed by atoms with Gasteiger partial charge in [-0.3, -0.25) is 4.79 Å². The maximum absolute atomic E-state index is 12.4. The van der Waals surface area contributed by atoms with Crippen molar-refractivity contribution in [2.24, 2.45) is 0 Å². The number of hydrogen-bond acceptors (Lipinski definition) is 4. The molecule has 2 aromatic rings. The summed E-state index contributed by atoms with van der Waals surface area (Å²) in [5.74, 6) is -0.242. The van der Waals surface area contributed by atoms with Crippen LogP contribution in [0, 0.1) is 25.2 Å². The van der Waals surface area contributed by atoms with E-state index in [1.54, 1.807) is 25.1 Å². The molecule has 0 saturated heterocycles. The normalized spacial score (nSPS) is 11.7. The monoisotopic (exact) mass is 379 g/mol. The number of amides is 1. The van der Waals surface area contributed by atoms with Crippen molar-refractivity contribution in [2.45, 2.75) is 31.0 Å². The van der Waals surface area contributed by atoms with Crippen LogP contribution in [0.3, 0.4) is 0 Å². The van der Waals surface area contributed by atoms with Crippen molar-refractivity contribution in [1.29, 1.82) is 5.26 Å². The highest BCUT2D eigenvalue weighted by atomic mass is 35.5. The summed E-state index contributed by atoms with van der Waals surface area (Å²) in [6, 6.07) is 9.03. The Kier molecular flexibility index (Phi) is 6.11. The van der Waals surface area contributed by atoms with Crippen LogP contribution in [0.4, 0.5) is 5.69 Å². The van der Waals surface area contributed by atoms with E-state index in [0.717, 1.165) is 11.3 Å². The molecule has 1 heterocycles. The number of anilines is 1. The van der Waals surface area contributed by atoms with E-state index >= 15 is 0 Å². The van der Waals surface area contributed by atoms with E-state index in [4.69, 9.17) is 23.2 Å². The lowest BCUT2D eigenvalue weighted by atomic mass is 10.1. The van der Waals surface area contributed by atoms with Crippen LogP contribution in [-0.2, 0) is 4.79 Å². The second kappa shape index (κ2) is 7.89. The van der Waals surface area contributed by atoms with E-state index in [1.807, 2.05) is 19.9 Å². The van der Waals surface area contributed by atoms with Gasteiger partial charge in [0, 0.05) is 5.69 Å². The zero-order valence-electron chi connectivity index (χ0n) is 13.4. The minimum Gasteiger partial charge on any atom is -0.324 e. The summed E-state index contributed by atoms with van der Waals surface area (Å²) in [7, 11) is 0. The van der Waals surface area contributed by atoms with Gasteiger partial charge in [0.1, 0.15) is 11.1 Å². The third-order valence-corrected chi connectivity index (χ3v) is 5.20. The molecule has 0 aliphatic heterocycles. The molecule has 1 amide bonds. The lowest BCUT2D eigenvalue weighted by Gasteiger charge is -2.14. The molecule has 24 heavy (non-hydrogen) atoms. The maximum Gasteiger partial charge on any atom is 0.237 e. The van der Waals surface area contributed by atoms with E-state index in [9.17, 15) is 10.1 Å². The van der Waals surface area contributed by atoms with E-state index in [-0.39, 0.29) is 5.91 Å². The first-order chi connectivity index (χ1) is 11.3. The molecule has 0 fully saturated rings. The fraction of sp³-hybridized carbons (Fsp3) is 0.235. The highest BCUT2D eigenvalue weighted by Crippen LogP contribution is 2.31. The third kappa shape index (κ3) is 4.21. The average molecular weight is 380 g/mol. The standard InChI is InChI=1S/C17H15Cl2N3OS/c1-9-7-10(2)21-17(12(9)8-20)24-11(3)16(23)22-14-6-4-5-13(18)15(14)19/h4-7,11H,1-3H3,(H,22,23). The van der Waals surface area contributed by atoms with Crippen molar-refractivity contribution in [3.8, 4) is 6.07 Å². The molecule has 0 spiro atoms. The summed E-state index contributed by atoms with van der Waals surface area (Å²) in [4.78, 5) is 16.8. The predicted octanol–water partition coefficient (Wildman–Crippen LogP) is 5.00. The number of halogens is 2. The summed E-state index contributed by atoms with van der Waals surface area (Å²) in [6.45, 7) is 5.46. The van der Waals surface area contributed by atoms with Crippen LogP contribution >= 0.6 is 35.0 Å². The van der Waals surface area contributed by atoms with Gasteiger partial charge in [-0.15, -0.1) is 0 Å². The van der Waals surface area contributed by atoms with Crippen molar-refractivity contribution < 1.29 is 4.79 Å². The van der Waals surface area contributed by atoms with Gasteiger partial charge in [0.05, 0.1) is 26.5 Å². The van der Waals surface area contributed by atoms with Gasteiger partial charge in [-0.2, -0.15) is 5.26 Å². The van der Waals surface area contributed by atoms with E-state index in [1.165, 1.54) is 11.8 Å². The van der Waals surface area contributed by atoms with Crippen LogP contribution in [0.5, 0.6) is 0 Å². The molecule has 1 aromatic carbocycles. The Hall–Kier alpha value is -1.74. The Morgan fingerprint density at radius 1 is 1.38 bits per heavy atom. The number of nitrogens with zero attached hydrogens (tertiary/aromatic N) is 2.